The highest BCUT2D eigenvalue weighted by Crippen LogP contribution is 2.24. The van der Waals surface area contributed by atoms with Crippen LogP contribution >= 0.6 is 12.4 Å². The standard InChI is InChI=1S/C16H23N3O2.ClH/c1-19(2)16(21)12-8-6-11(7-9-12)15(20)18-14-5-3-4-13(14)10-17;/h6-9,13-14H,3-5,10,17H2,1-2H3,(H,18,20);1H. The Morgan fingerprint density at radius 3 is 2.32 bits per heavy atom. The van der Waals surface area contributed by atoms with Crippen LogP contribution in [0.3, 0.4) is 0 Å². The third kappa shape index (κ3) is 4.21. The summed E-state index contributed by atoms with van der Waals surface area (Å²) in [5.74, 6) is 0.216. The van der Waals surface area contributed by atoms with Crippen molar-refractivity contribution in [3.8, 4) is 0 Å². The number of rotatable bonds is 4. The molecule has 5 nitrogen and oxygen atoms in total. The molecule has 2 amide bonds. The fourth-order valence-corrected chi connectivity index (χ4v) is 2.78. The second kappa shape index (κ2) is 8.15. The van der Waals surface area contributed by atoms with Crippen molar-refractivity contribution in [1.82, 2.24) is 10.2 Å². The quantitative estimate of drug-likeness (QED) is 0.884. The summed E-state index contributed by atoms with van der Waals surface area (Å²) in [6.45, 7) is 0.612. The van der Waals surface area contributed by atoms with E-state index in [2.05, 4.69) is 5.32 Å². The maximum atomic E-state index is 12.2. The van der Waals surface area contributed by atoms with Crippen LogP contribution in [0.5, 0.6) is 0 Å². The number of nitrogens with two attached hydrogens (primary N) is 1. The summed E-state index contributed by atoms with van der Waals surface area (Å²) in [6.07, 6.45) is 3.19. The van der Waals surface area contributed by atoms with Crippen LogP contribution in [0.1, 0.15) is 40.0 Å². The molecule has 2 unspecified atom stereocenters. The van der Waals surface area contributed by atoms with E-state index in [1.807, 2.05) is 0 Å². The van der Waals surface area contributed by atoms with Gasteiger partial charge in [0.2, 0.25) is 0 Å². The van der Waals surface area contributed by atoms with Crippen molar-refractivity contribution in [1.29, 1.82) is 0 Å². The van der Waals surface area contributed by atoms with Crippen LogP contribution in [-0.4, -0.2) is 43.4 Å². The summed E-state index contributed by atoms with van der Waals surface area (Å²) in [5, 5.41) is 3.05. The molecule has 22 heavy (non-hydrogen) atoms. The smallest absolute Gasteiger partial charge is 0.253 e. The minimum atomic E-state index is -0.0933. The first-order valence-corrected chi connectivity index (χ1v) is 7.35. The second-order valence-electron chi connectivity index (χ2n) is 5.78. The molecule has 0 bridgehead atoms. The Labute approximate surface area is 137 Å². The minimum absolute atomic E-state index is 0. The summed E-state index contributed by atoms with van der Waals surface area (Å²) in [4.78, 5) is 25.5. The normalized spacial score (nSPS) is 20.1. The average molecular weight is 326 g/mol. The summed E-state index contributed by atoms with van der Waals surface area (Å²) >= 11 is 0. The highest BCUT2D eigenvalue weighted by atomic mass is 35.5. The molecule has 1 aliphatic rings. The fourth-order valence-electron chi connectivity index (χ4n) is 2.78. The highest BCUT2D eigenvalue weighted by molar-refractivity contribution is 5.97. The summed E-state index contributed by atoms with van der Waals surface area (Å²) in [5.41, 5.74) is 6.88. The fraction of sp³-hybridized carbons (Fsp3) is 0.500. The first-order valence-electron chi connectivity index (χ1n) is 7.35. The molecule has 1 aromatic rings. The summed E-state index contributed by atoms with van der Waals surface area (Å²) < 4.78 is 0. The highest BCUT2D eigenvalue weighted by Gasteiger charge is 2.27. The largest absolute Gasteiger partial charge is 0.349 e. The molecular weight excluding hydrogens is 302 g/mol. The van der Waals surface area contributed by atoms with E-state index < -0.39 is 0 Å². The molecule has 1 aromatic carbocycles. The number of hydrogen-bond donors (Lipinski definition) is 2. The van der Waals surface area contributed by atoms with E-state index in [0.717, 1.165) is 19.3 Å². The molecule has 0 aliphatic heterocycles. The number of carbonyl (C=O) groups excluding carboxylic acids is 2. The van der Waals surface area contributed by atoms with Gasteiger partial charge in [-0.2, -0.15) is 0 Å². The first-order chi connectivity index (χ1) is 10.0. The van der Waals surface area contributed by atoms with Crippen LogP contribution in [0.2, 0.25) is 0 Å². The molecule has 3 N–H and O–H groups in total. The molecule has 2 rings (SSSR count). The van der Waals surface area contributed by atoms with Crippen molar-refractivity contribution >= 4 is 24.2 Å². The van der Waals surface area contributed by atoms with Crippen LogP contribution in [0.4, 0.5) is 0 Å². The molecule has 2 atom stereocenters. The molecule has 0 aromatic heterocycles. The zero-order chi connectivity index (χ0) is 15.4. The third-order valence-electron chi connectivity index (χ3n) is 4.08. The average Bonchev–Trinajstić information content (AvgIpc) is 2.93. The molecule has 0 radical (unpaired) electrons. The van der Waals surface area contributed by atoms with Crippen LogP contribution in [-0.2, 0) is 0 Å². The van der Waals surface area contributed by atoms with Crippen molar-refractivity contribution in [2.45, 2.75) is 25.3 Å². The van der Waals surface area contributed by atoms with Crippen LogP contribution in [0.15, 0.2) is 24.3 Å². The number of benzene rings is 1. The van der Waals surface area contributed by atoms with E-state index in [4.69, 9.17) is 5.73 Å². The van der Waals surface area contributed by atoms with Crippen molar-refractivity contribution in [3.63, 3.8) is 0 Å². The lowest BCUT2D eigenvalue weighted by atomic mass is 10.0. The molecular formula is C16H24ClN3O2. The van der Waals surface area contributed by atoms with E-state index >= 15 is 0 Å². The predicted octanol–water partition coefficient (Wildman–Crippen LogP) is 1.67. The Balaban J connectivity index is 0.00000242. The van der Waals surface area contributed by atoms with Gasteiger partial charge in [-0.05, 0) is 49.6 Å². The van der Waals surface area contributed by atoms with Crippen molar-refractivity contribution in [2.24, 2.45) is 11.7 Å². The molecule has 6 heteroatoms. The third-order valence-corrected chi connectivity index (χ3v) is 4.08. The second-order valence-corrected chi connectivity index (χ2v) is 5.78. The maximum Gasteiger partial charge on any atom is 0.253 e. The predicted molar refractivity (Wildman–Crippen MR) is 89.4 cm³/mol. The van der Waals surface area contributed by atoms with Gasteiger partial charge in [0.05, 0.1) is 0 Å². The van der Waals surface area contributed by atoms with Gasteiger partial charge in [-0.3, -0.25) is 9.59 Å². The van der Waals surface area contributed by atoms with Gasteiger partial charge in [-0.1, -0.05) is 6.42 Å². The topological polar surface area (TPSA) is 75.4 Å². The SMILES string of the molecule is CN(C)C(=O)c1ccc(C(=O)NC2CCCC2CN)cc1.Cl. The van der Waals surface area contributed by atoms with Crippen molar-refractivity contribution in [3.05, 3.63) is 35.4 Å². The number of hydrogen-bond acceptors (Lipinski definition) is 3. The van der Waals surface area contributed by atoms with Crippen LogP contribution in [0, 0.1) is 5.92 Å². The summed E-state index contributed by atoms with van der Waals surface area (Å²) in [7, 11) is 3.41. The Morgan fingerprint density at radius 1 is 1.18 bits per heavy atom. The number of amides is 2. The number of nitrogens with zero attached hydrogens (tertiary/aromatic N) is 1. The molecule has 0 heterocycles. The molecule has 1 fully saturated rings. The Kier molecular flexibility index (Phi) is 6.84. The van der Waals surface area contributed by atoms with E-state index in [0.29, 0.717) is 23.6 Å². The molecule has 1 aliphatic carbocycles. The van der Waals surface area contributed by atoms with Gasteiger partial charge in [0, 0.05) is 31.3 Å². The van der Waals surface area contributed by atoms with Gasteiger partial charge in [-0.15, -0.1) is 12.4 Å². The zero-order valence-electron chi connectivity index (χ0n) is 13.0. The van der Waals surface area contributed by atoms with Gasteiger partial charge >= 0.3 is 0 Å². The number of halogens is 1. The maximum absolute atomic E-state index is 12.2. The van der Waals surface area contributed by atoms with Gasteiger partial charge in [0.25, 0.3) is 11.8 Å². The molecule has 122 valence electrons. The van der Waals surface area contributed by atoms with Gasteiger partial charge in [-0.25, -0.2) is 0 Å². The van der Waals surface area contributed by atoms with Gasteiger partial charge in [0.15, 0.2) is 0 Å². The van der Waals surface area contributed by atoms with E-state index in [9.17, 15) is 9.59 Å². The zero-order valence-corrected chi connectivity index (χ0v) is 13.9. The Morgan fingerprint density at radius 2 is 1.77 bits per heavy atom. The van der Waals surface area contributed by atoms with E-state index in [1.54, 1.807) is 38.4 Å². The van der Waals surface area contributed by atoms with E-state index in [-0.39, 0.29) is 30.3 Å². The van der Waals surface area contributed by atoms with Crippen LogP contribution < -0.4 is 11.1 Å². The monoisotopic (exact) mass is 325 g/mol. The lowest BCUT2D eigenvalue weighted by Crippen LogP contribution is -2.39. The van der Waals surface area contributed by atoms with Gasteiger partial charge in [0.1, 0.15) is 0 Å². The lowest BCUT2D eigenvalue weighted by molar-refractivity contribution is 0.0826. The van der Waals surface area contributed by atoms with Crippen molar-refractivity contribution in [2.75, 3.05) is 20.6 Å². The summed E-state index contributed by atoms with van der Waals surface area (Å²) in [6, 6.07) is 6.93. The molecule has 0 spiro atoms. The number of carbonyl (C=O) groups is 2. The number of nitrogens with one attached hydrogen (secondary N) is 1. The first kappa shape index (κ1) is 18.5. The Bertz CT molecular complexity index is 517. The Hall–Kier alpha value is -1.59. The molecule has 1 saturated carbocycles. The minimum Gasteiger partial charge on any atom is -0.349 e. The van der Waals surface area contributed by atoms with Crippen molar-refractivity contribution < 1.29 is 9.59 Å². The van der Waals surface area contributed by atoms with E-state index in [1.165, 1.54) is 4.90 Å². The lowest BCUT2D eigenvalue weighted by Gasteiger charge is -2.19. The van der Waals surface area contributed by atoms with Gasteiger partial charge < -0.3 is 16.0 Å². The molecule has 0 saturated heterocycles. The van der Waals surface area contributed by atoms with Crippen LogP contribution in [0.25, 0.3) is 0 Å².